The monoisotopic (exact) mass is 236 g/mol. The number of nitrogens with zero attached hydrogens (tertiary/aromatic N) is 2. The molecule has 6 heteroatoms. The summed E-state index contributed by atoms with van der Waals surface area (Å²) in [4.78, 5) is 0. The Labute approximate surface area is 99.6 Å². The van der Waals surface area contributed by atoms with E-state index in [1.54, 1.807) is 12.1 Å². The highest BCUT2D eigenvalue weighted by molar-refractivity contribution is 5.84. The van der Waals surface area contributed by atoms with E-state index in [9.17, 15) is 5.11 Å². The quantitative estimate of drug-likeness (QED) is 0.399. The smallest absolute Gasteiger partial charge is 0.211 e. The molecule has 0 unspecified atom stereocenters. The molecule has 1 aromatic rings. The molecular formula is C11H16N4O2. The van der Waals surface area contributed by atoms with Gasteiger partial charge in [0.15, 0.2) is 0 Å². The lowest BCUT2D eigenvalue weighted by Gasteiger charge is -2.05. The Morgan fingerprint density at radius 1 is 1.47 bits per heavy atom. The highest BCUT2D eigenvalue weighted by atomic mass is 16.5. The van der Waals surface area contributed by atoms with Crippen molar-refractivity contribution in [3.05, 3.63) is 23.8 Å². The maximum Gasteiger partial charge on any atom is 0.211 e. The average Bonchev–Trinajstić information content (AvgIpc) is 2.28. The normalized spacial score (nSPS) is 10.4. The van der Waals surface area contributed by atoms with Crippen LogP contribution in [-0.4, -0.2) is 23.9 Å². The molecule has 0 aromatic heterocycles. The lowest BCUT2D eigenvalue weighted by atomic mass is 10.2. The molecule has 5 N–H and O–H groups in total. The predicted molar refractivity (Wildman–Crippen MR) is 67.3 cm³/mol. The number of hydrogen-bond donors (Lipinski definition) is 3. The van der Waals surface area contributed by atoms with Gasteiger partial charge in [-0.05, 0) is 18.6 Å². The standard InChI is InChI=1S/C11H16N4O2/c1-2-5-17-9-4-3-8(10(16)6-9)7-14-15-11(12)13/h3-4,6-7,16H,2,5H2,1H3,(H4,12,13,15)/b14-7+. The van der Waals surface area contributed by atoms with Gasteiger partial charge in [0.05, 0.1) is 12.8 Å². The average molecular weight is 236 g/mol. The largest absolute Gasteiger partial charge is 0.507 e. The number of guanidine groups is 1. The van der Waals surface area contributed by atoms with Crippen LogP contribution in [0.15, 0.2) is 28.4 Å². The first-order chi connectivity index (χ1) is 8.13. The molecule has 6 nitrogen and oxygen atoms in total. The number of nitrogens with two attached hydrogens (primary N) is 2. The van der Waals surface area contributed by atoms with Crippen molar-refractivity contribution in [1.82, 2.24) is 0 Å². The molecule has 0 saturated heterocycles. The number of rotatable bonds is 5. The van der Waals surface area contributed by atoms with E-state index >= 15 is 0 Å². The van der Waals surface area contributed by atoms with Gasteiger partial charge in [-0.3, -0.25) is 0 Å². The van der Waals surface area contributed by atoms with Crippen LogP contribution in [0.4, 0.5) is 0 Å². The van der Waals surface area contributed by atoms with E-state index in [4.69, 9.17) is 16.2 Å². The fraction of sp³-hybridized carbons (Fsp3) is 0.273. The van der Waals surface area contributed by atoms with Crippen LogP contribution in [0, 0.1) is 0 Å². The third kappa shape index (κ3) is 4.42. The molecule has 0 heterocycles. The minimum atomic E-state index is -0.136. The van der Waals surface area contributed by atoms with Gasteiger partial charge in [-0.15, -0.1) is 5.10 Å². The van der Waals surface area contributed by atoms with Crippen LogP contribution in [0.3, 0.4) is 0 Å². The third-order valence-electron chi connectivity index (χ3n) is 1.84. The fourth-order valence-corrected chi connectivity index (χ4v) is 1.10. The molecule has 0 atom stereocenters. The molecular weight excluding hydrogens is 220 g/mol. The predicted octanol–water partition coefficient (Wildman–Crippen LogP) is 0.788. The first-order valence-electron chi connectivity index (χ1n) is 5.21. The fourth-order valence-electron chi connectivity index (χ4n) is 1.10. The van der Waals surface area contributed by atoms with E-state index in [-0.39, 0.29) is 11.7 Å². The molecule has 1 aromatic carbocycles. The topological polar surface area (TPSA) is 106 Å². The van der Waals surface area contributed by atoms with E-state index < -0.39 is 0 Å². The molecule has 0 bridgehead atoms. The summed E-state index contributed by atoms with van der Waals surface area (Å²) < 4.78 is 5.36. The molecule has 0 amide bonds. The van der Waals surface area contributed by atoms with Crippen LogP contribution in [0.25, 0.3) is 0 Å². The zero-order valence-electron chi connectivity index (χ0n) is 9.63. The Morgan fingerprint density at radius 3 is 2.82 bits per heavy atom. The van der Waals surface area contributed by atoms with Crippen molar-refractivity contribution in [2.45, 2.75) is 13.3 Å². The Hall–Kier alpha value is -2.24. The van der Waals surface area contributed by atoms with Crippen molar-refractivity contribution in [2.75, 3.05) is 6.61 Å². The van der Waals surface area contributed by atoms with Crippen LogP contribution in [-0.2, 0) is 0 Å². The van der Waals surface area contributed by atoms with Gasteiger partial charge < -0.3 is 21.3 Å². The lowest BCUT2D eigenvalue weighted by molar-refractivity contribution is 0.315. The van der Waals surface area contributed by atoms with Gasteiger partial charge in [0.1, 0.15) is 11.5 Å². The maximum absolute atomic E-state index is 9.67. The molecule has 0 aliphatic carbocycles. The van der Waals surface area contributed by atoms with Gasteiger partial charge in [-0.2, -0.15) is 5.10 Å². The maximum atomic E-state index is 9.67. The van der Waals surface area contributed by atoms with Crippen molar-refractivity contribution in [2.24, 2.45) is 21.7 Å². The molecule has 17 heavy (non-hydrogen) atoms. The van der Waals surface area contributed by atoms with Gasteiger partial charge in [0.25, 0.3) is 0 Å². The van der Waals surface area contributed by atoms with Gasteiger partial charge in [0.2, 0.25) is 5.96 Å². The lowest BCUT2D eigenvalue weighted by Crippen LogP contribution is -2.21. The highest BCUT2D eigenvalue weighted by Gasteiger charge is 2.01. The zero-order valence-corrected chi connectivity index (χ0v) is 9.63. The molecule has 0 radical (unpaired) electrons. The van der Waals surface area contributed by atoms with Crippen molar-refractivity contribution in [3.8, 4) is 11.5 Å². The molecule has 1 rings (SSSR count). The summed E-state index contributed by atoms with van der Waals surface area (Å²) in [6.07, 6.45) is 2.27. The summed E-state index contributed by atoms with van der Waals surface area (Å²) in [6.45, 7) is 2.62. The van der Waals surface area contributed by atoms with Gasteiger partial charge in [-0.25, -0.2) is 0 Å². The van der Waals surface area contributed by atoms with Crippen LogP contribution in [0.2, 0.25) is 0 Å². The molecule has 92 valence electrons. The second-order valence-electron chi connectivity index (χ2n) is 3.34. The Kier molecular flexibility index (Phi) is 4.80. The molecule has 0 aliphatic rings. The van der Waals surface area contributed by atoms with E-state index in [1.165, 1.54) is 12.3 Å². The van der Waals surface area contributed by atoms with Crippen LogP contribution in [0.5, 0.6) is 11.5 Å². The minimum absolute atomic E-state index is 0.0631. The first-order valence-corrected chi connectivity index (χ1v) is 5.21. The number of aromatic hydroxyl groups is 1. The minimum Gasteiger partial charge on any atom is -0.507 e. The van der Waals surface area contributed by atoms with E-state index in [0.29, 0.717) is 17.9 Å². The highest BCUT2D eigenvalue weighted by Crippen LogP contribution is 2.22. The Morgan fingerprint density at radius 2 is 2.24 bits per heavy atom. The molecule has 0 spiro atoms. The summed E-state index contributed by atoms with van der Waals surface area (Å²) in [7, 11) is 0. The summed E-state index contributed by atoms with van der Waals surface area (Å²) in [6, 6.07) is 4.94. The van der Waals surface area contributed by atoms with Crippen LogP contribution >= 0.6 is 0 Å². The molecule has 0 aliphatic heterocycles. The number of ether oxygens (including phenoxy) is 1. The number of benzene rings is 1. The van der Waals surface area contributed by atoms with E-state index in [1.807, 2.05) is 6.92 Å². The zero-order chi connectivity index (χ0) is 12.7. The van der Waals surface area contributed by atoms with Crippen molar-refractivity contribution in [3.63, 3.8) is 0 Å². The van der Waals surface area contributed by atoms with Gasteiger partial charge in [-0.1, -0.05) is 6.92 Å². The Balaban J connectivity index is 2.76. The molecule has 0 saturated carbocycles. The summed E-state index contributed by atoms with van der Waals surface area (Å²) in [5.74, 6) is 0.542. The first kappa shape index (κ1) is 12.8. The van der Waals surface area contributed by atoms with Crippen molar-refractivity contribution >= 4 is 12.2 Å². The summed E-state index contributed by atoms with van der Waals surface area (Å²) in [5, 5.41) is 16.7. The number of phenols is 1. The molecule has 0 fully saturated rings. The van der Waals surface area contributed by atoms with E-state index in [2.05, 4.69) is 10.2 Å². The SMILES string of the molecule is CCCOc1ccc(/C=N/N=C(N)N)c(O)c1. The van der Waals surface area contributed by atoms with Crippen molar-refractivity contribution < 1.29 is 9.84 Å². The van der Waals surface area contributed by atoms with Crippen LogP contribution in [0.1, 0.15) is 18.9 Å². The second kappa shape index (κ2) is 6.37. The third-order valence-corrected chi connectivity index (χ3v) is 1.84. The Bertz CT molecular complexity index is 425. The second-order valence-corrected chi connectivity index (χ2v) is 3.34. The number of phenolic OH excluding ortho intramolecular Hbond substituents is 1. The van der Waals surface area contributed by atoms with Crippen molar-refractivity contribution in [1.29, 1.82) is 0 Å². The number of hydrogen-bond acceptors (Lipinski definition) is 4. The van der Waals surface area contributed by atoms with Gasteiger partial charge >= 0.3 is 0 Å². The summed E-state index contributed by atoms with van der Waals surface area (Å²) in [5.41, 5.74) is 10.7. The van der Waals surface area contributed by atoms with E-state index in [0.717, 1.165) is 6.42 Å². The van der Waals surface area contributed by atoms with Gasteiger partial charge in [0, 0.05) is 11.6 Å². The van der Waals surface area contributed by atoms with Crippen LogP contribution < -0.4 is 16.2 Å². The summed E-state index contributed by atoms with van der Waals surface area (Å²) >= 11 is 0.